The van der Waals surface area contributed by atoms with Gasteiger partial charge in [-0.25, -0.2) is 0 Å². The molecule has 0 saturated heterocycles. The fourth-order valence-corrected chi connectivity index (χ4v) is 3.92. The maximum atomic E-state index is 12.6. The predicted molar refractivity (Wildman–Crippen MR) is 111 cm³/mol. The van der Waals surface area contributed by atoms with Crippen LogP contribution in [0.2, 0.25) is 0 Å². The Bertz CT molecular complexity index is 654. The number of amides is 1. The topological polar surface area (TPSA) is 53.2 Å². The average Bonchev–Trinajstić information content (AvgIpc) is 2.63. The Balaban J connectivity index is 1.95. The summed E-state index contributed by atoms with van der Waals surface area (Å²) >= 11 is 1.72. The van der Waals surface area contributed by atoms with Crippen molar-refractivity contribution in [3.63, 3.8) is 0 Å². The van der Waals surface area contributed by atoms with Crippen molar-refractivity contribution in [2.75, 3.05) is 20.1 Å². The average molecular weight is 374 g/mol. The lowest BCUT2D eigenvalue weighted by Crippen LogP contribution is -2.45. The molecule has 1 aromatic carbocycles. The first-order valence-corrected chi connectivity index (χ1v) is 10.2. The molecule has 1 atom stereocenters. The van der Waals surface area contributed by atoms with Gasteiger partial charge in [-0.2, -0.15) is 0 Å². The van der Waals surface area contributed by atoms with Crippen LogP contribution < -0.4 is 16.0 Å². The van der Waals surface area contributed by atoms with E-state index < -0.39 is 0 Å². The van der Waals surface area contributed by atoms with Crippen LogP contribution in [0.4, 0.5) is 0 Å². The van der Waals surface area contributed by atoms with E-state index in [1.54, 1.807) is 11.8 Å². The summed E-state index contributed by atoms with van der Waals surface area (Å²) in [5.41, 5.74) is 2.18. The molecule has 0 saturated carbocycles. The van der Waals surface area contributed by atoms with Crippen molar-refractivity contribution in [3.8, 4) is 0 Å². The molecule has 0 aromatic heterocycles. The molecular formula is C21H31N3OS. The van der Waals surface area contributed by atoms with E-state index in [-0.39, 0.29) is 11.9 Å². The number of benzene rings is 1. The predicted octanol–water partition coefficient (Wildman–Crippen LogP) is 3.46. The number of allylic oxidation sites excluding steroid dienone is 1. The molecule has 0 spiro atoms. The molecule has 1 aliphatic heterocycles. The Morgan fingerprint density at radius 3 is 2.77 bits per heavy atom. The third-order valence-electron chi connectivity index (χ3n) is 4.27. The van der Waals surface area contributed by atoms with Crippen molar-refractivity contribution in [2.45, 2.75) is 44.0 Å². The van der Waals surface area contributed by atoms with Crippen LogP contribution in [0, 0.1) is 5.92 Å². The number of carbonyl (C=O) groups excluding carboxylic acids is 1. The van der Waals surface area contributed by atoms with E-state index in [4.69, 9.17) is 0 Å². The molecule has 1 aliphatic rings. The van der Waals surface area contributed by atoms with Gasteiger partial charge in [0.2, 0.25) is 5.91 Å². The number of carbonyl (C=O) groups is 1. The zero-order valence-electron chi connectivity index (χ0n) is 16.1. The highest BCUT2D eigenvalue weighted by molar-refractivity contribution is 8.03. The minimum atomic E-state index is -0.254. The van der Waals surface area contributed by atoms with Gasteiger partial charge in [0.15, 0.2) is 0 Å². The van der Waals surface area contributed by atoms with Crippen LogP contribution in [0.5, 0.6) is 0 Å². The van der Waals surface area contributed by atoms with E-state index in [0.29, 0.717) is 12.5 Å². The Kier molecular flexibility index (Phi) is 8.26. The smallest absolute Gasteiger partial charge is 0.242 e. The summed E-state index contributed by atoms with van der Waals surface area (Å²) < 4.78 is 0. The second-order valence-electron chi connectivity index (χ2n) is 7.04. The van der Waals surface area contributed by atoms with Crippen LogP contribution in [-0.2, 0) is 11.2 Å². The first-order chi connectivity index (χ1) is 12.5. The van der Waals surface area contributed by atoms with Gasteiger partial charge in [-0.15, -0.1) is 0 Å². The molecule has 1 aromatic rings. The Hall–Kier alpha value is -1.72. The number of hydrogen-bond donors (Lipinski definition) is 3. The second kappa shape index (κ2) is 10.4. The second-order valence-corrected chi connectivity index (χ2v) is 8.12. The van der Waals surface area contributed by atoms with E-state index >= 15 is 0 Å². The van der Waals surface area contributed by atoms with Crippen molar-refractivity contribution >= 4 is 17.7 Å². The zero-order chi connectivity index (χ0) is 18.9. The Morgan fingerprint density at radius 2 is 2.04 bits per heavy atom. The van der Waals surface area contributed by atoms with Gasteiger partial charge in [0, 0.05) is 22.0 Å². The number of thioether (sulfide) groups is 1. The van der Waals surface area contributed by atoms with Gasteiger partial charge in [-0.3, -0.25) is 4.79 Å². The van der Waals surface area contributed by atoms with Gasteiger partial charge in [-0.1, -0.05) is 56.5 Å². The van der Waals surface area contributed by atoms with Crippen molar-refractivity contribution in [3.05, 3.63) is 53.1 Å². The molecule has 26 heavy (non-hydrogen) atoms. The summed E-state index contributed by atoms with van der Waals surface area (Å²) in [5.74, 6) is 0.481. The summed E-state index contributed by atoms with van der Waals surface area (Å²) in [6.07, 6.45) is 4.81. The Morgan fingerprint density at radius 1 is 1.27 bits per heavy atom. The molecule has 0 bridgehead atoms. The first-order valence-electron chi connectivity index (χ1n) is 9.35. The molecular weight excluding hydrogens is 342 g/mol. The standard InChI is InChI=1S/C21H31N3OS/c1-15(2)14-18(21(25)23-13-7-12-22-4)24-16(3)19-11-10-17-8-5-6-9-20(17)26-19/h5-6,8-9,11,15,18,22,24H,3,7,10,12-14H2,1-2,4H3,(H,23,25). The van der Waals surface area contributed by atoms with E-state index in [0.717, 1.165) is 36.4 Å². The highest BCUT2D eigenvalue weighted by atomic mass is 32.2. The van der Waals surface area contributed by atoms with E-state index in [1.807, 2.05) is 7.05 Å². The van der Waals surface area contributed by atoms with Gasteiger partial charge in [0.1, 0.15) is 6.04 Å². The molecule has 0 fully saturated rings. The lowest BCUT2D eigenvalue weighted by atomic mass is 10.0. The normalized spacial score (nSPS) is 14.4. The summed E-state index contributed by atoms with van der Waals surface area (Å²) in [5, 5.41) is 9.51. The van der Waals surface area contributed by atoms with Gasteiger partial charge in [-0.05, 0) is 50.4 Å². The maximum absolute atomic E-state index is 12.6. The highest BCUT2D eigenvalue weighted by Gasteiger charge is 2.22. The number of rotatable bonds is 10. The van der Waals surface area contributed by atoms with Crippen molar-refractivity contribution < 1.29 is 4.79 Å². The summed E-state index contributed by atoms with van der Waals surface area (Å²) in [6, 6.07) is 8.18. The third kappa shape index (κ3) is 6.22. The van der Waals surface area contributed by atoms with Crippen LogP contribution in [-0.4, -0.2) is 32.1 Å². The molecule has 3 N–H and O–H groups in total. The molecule has 0 aliphatic carbocycles. The van der Waals surface area contributed by atoms with Crippen molar-refractivity contribution in [1.82, 2.24) is 16.0 Å². The fraction of sp³-hybridized carbons (Fsp3) is 0.476. The molecule has 4 nitrogen and oxygen atoms in total. The number of nitrogens with one attached hydrogen (secondary N) is 3. The van der Waals surface area contributed by atoms with Gasteiger partial charge in [0.25, 0.3) is 0 Å². The summed E-state index contributed by atoms with van der Waals surface area (Å²) in [7, 11) is 1.92. The molecule has 1 heterocycles. The molecule has 5 heteroatoms. The fourth-order valence-electron chi connectivity index (χ4n) is 2.90. The highest BCUT2D eigenvalue weighted by Crippen LogP contribution is 2.37. The largest absolute Gasteiger partial charge is 0.373 e. The van der Waals surface area contributed by atoms with Crippen LogP contribution >= 0.6 is 11.8 Å². The number of hydrogen-bond acceptors (Lipinski definition) is 4. The minimum Gasteiger partial charge on any atom is -0.373 e. The lowest BCUT2D eigenvalue weighted by Gasteiger charge is -2.25. The lowest BCUT2D eigenvalue weighted by molar-refractivity contribution is -0.123. The van der Waals surface area contributed by atoms with Crippen molar-refractivity contribution in [1.29, 1.82) is 0 Å². The number of fused-ring (bicyclic) bond motifs is 1. The van der Waals surface area contributed by atoms with Gasteiger partial charge >= 0.3 is 0 Å². The molecule has 2 rings (SSSR count). The summed E-state index contributed by atoms with van der Waals surface area (Å²) in [4.78, 5) is 15.0. The minimum absolute atomic E-state index is 0.0535. The van der Waals surface area contributed by atoms with Crippen LogP contribution in [0.25, 0.3) is 0 Å². The quantitative estimate of drug-likeness (QED) is 0.550. The van der Waals surface area contributed by atoms with Crippen molar-refractivity contribution in [2.24, 2.45) is 5.92 Å². The maximum Gasteiger partial charge on any atom is 0.242 e. The third-order valence-corrected chi connectivity index (χ3v) is 5.52. The Labute approximate surface area is 161 Å². The first kappa shape index (κ1) is 20.6. The van der Waals surface area contributed by atoms with Gasteiger partial charge < -0.3 is 16.0 Å². The van der Waals surface area contributed by atoms with E-state index in [2.05, 4.69) is 66.7 Å². The van der Waals surface area contributed by atoms with Crippen LogP contribution in [0.15, 0.2) is 52.4 Å². The van der Waals surface area contributed by atoms with E-state index in [1.165, 1.54) is 10.5 Å². The molecule has 0 radical (unpaired) electrons. The molecule has 142 valence electrons. The molecule has 1 amide bonds. The van der Waals surface area contributed by atoms with E-state index in [9.17, 15) is 4.79 Å². The van der Waals surface area contributed by atoms with Gasteiger partial charge in [0.05, 0.1) is 0 Å². The SMILES string of the molecule is C=C(NC(CC(C)C)C(=O)NCCCNC)C1=CCc2ccccc2S1. The summed E-state index contributed by atoms with van der Waals surface area (Å²) in [6.45, 7) is 10.1. The monoisotopic (exact) mass is 373 g/mol. The zero-order valence-corrected chi connectivity index (χ0v) is 16.9. The van der Waals surface area contributed by atoms with Crippen LogP contribution in [0.3, 0.4) is 0 Å². The molecule has 1 unspecified atom stereocenters. The van der Waals surface area contributed by atoms with Crippen LogP contribution in [0.1, 0.15) is 32.3 Å².